The number of carbonyl (C=O) groups excluding carboxylic acids is 2. The van der Waals surface area contributed by atoms with Crippen LogP contribution in [-0.2, 0) is 9.53 Å². The quantitative estimate of drug-likeness (QED) is 0.893. The van der Waals surface area contributed by atoms with Gasteiger partial charge in [0.1, 0.15) is 11.6 Å². The van der Waals surface area contributed by atoms with E-state index in [0.29, 0.717) is 18.0 Å². The molecule has 1 atom stereocenters. The molecule has 6 heteroatoms. The van der Waals surface area contributed by atoms with Gasteiger partial charge in [-0.15, -0.1) is 0 Å². The van der Waals surface area contributed by atoms with Crippen LogP contribution in [0.2, 0.25) is 5.02 Å². The molecular weight excluding hydrogens is 316 g/mol. The molecule has 2 rings (SSSR count). The van der Waals surface area contributed by atoms with Crippen molar-refractivity contribution in [1.29, 1.82) is 0 Å². The predicted octanol–water partition coefficient (Wildman–Crippen LogP) is 3.75. The molecule has 1 N–H and O–H groups in total. The largest absolute Gasteiger partial charge is 0.444 e. The molecule has 23 heavy (non-hydrogen) atoms. The minimum absolute atomic E-state index is 0.129. The van der Waals surface area contributed by atoms with Crippen molar-refractivity contribution >= 4 is 29.3 Å². The molecule has 0 spiro atoms. The smallest absolute Gasteiger partial charge is 0.408 e. The van der Waals surface area contributed by atoms with E-state index >= 15 is 0 Å². The summed E-state index contributed by atoms with van der Waals surface area (Å²) in [5, 5.41) is 3.27. The fourth-order valence-electron chi connectivity index (χ4n) is 2.52. The molecule has 1 aliphatic rings. The van der Waals surface area contributed by atoms with E-state index in [0.717, 1.165) is 18.5 Å². The van der Waals surface area contributed by atoms with Crippen LogP contribution in [0.25, 0.3) is 0 Å². The van der Waals surface area contributed by atoms with E-state index in [2.05, 4.69) is 5.32 Å². The summed E-state index contributed by atoms with van der Waals surface area (Å²) in [5.41, 5.74) is 0.158. The lowest BCUT2D eigenvalue weighted by Gasteiger charge is -2.26. The first-order valence-corrected chi connectivity index (χ1v) is 8.20. The first-order chi connectivity index (χ1) is 10.8. The average molecular weight is 339 g/mol. The average Bonchev–Trinajstić information content (AvgIpc) is 2.60. The Kier molecular flexibility index (Phi) is 5.52. The Labute approximate surface area is 141 Å². The van der Waals surface area contributed by atoms with Crippen molar-refractivity contribution in [3.05, 3.63) is 29.3 Å². The number of nitrogens with one attached hydrogen (secondary N) is 1. The van der Waals surface area contributed by atoms with Gasteiger partial charge in [0.15, 0.2) is 0 Å². The fraction of sp³-hybridized carbons (Fsp3) is 0.529. The summed E-state index contributed by atoms with van der Waals surface area (Å²) in [7, 11) is 0. The van der Waals surface area contributed by atoms with E-state index in [-0.39, 0.29) is 5.91 Å². The highest BCUT2D eigenvalue weighted by atomic mass is 35.5. The monoisotopic (exact) mass is 338 g/mol. The second kappa shape index (κ2) is 7.21. The molecule has 0 saturated carbocycles. The molecule has 1 aromatic carbocycles. The lowest BCUT2D eigenvalue weighted by molar-refractivity contribution is -0.120. The normalized spacial score (nSPS) is 19.2. The van der Waals surface area contributed by atoms with Gasteiger partial charge in [-0.3, -0.25) is 4.79 Å². The Hall–Kier alpha value is -1.75. The van der Waals surface area contributed by atoms with Gasteiger partial charge in [-0.2, -0.15) is 0 Å². The highest BCUT2D eigenvalue weighted by Crippen LogP contribution is 2.24. The maximum absolute atomic E-state index is 12.8. The number of rotatable bonds is 2. The Morgan fingerprint density at radius 3 is 2.74 bits per heavy atom. The van der Waals surface area contributed by atoms with E-state index in [1.807, 2.05) is 12.1 Å². The van der Waals surface area contributed by atoms with Gasteiger partial charge in [0, 0.05) is 17.3 Å². The van der Waals surface area contributed by atoms with Crippen molar-refractivity contribution in [2.45, 2.75) is 51.7 Å². The Morgan fingerprint density at radius 1 is 1.35 bits per heavy atom. The summed E-state index contributed by atoms with van der Waals surface area (Å²) in [6, 6.07) is 6.61. The standard InChI is InChI=1S/C17H23ClN2O3/c1-17(2,3)23-16(22)19-14-9-4-5-10-20(15(14)21)13-8-6-7-12(18)11-13/h6-8,11,14H,4-5,9-10H2,1-3H3,(H,19,22)/t14-/m0/s1. The minimum Gasteiger partial charge on any atom is -0.444 e. The van der Waals surface area contributed by atoms with Crippen LogP contribution in [0.3, 0.4) is 0 Å². The Balaban J connectivity index is 2.12. The van der Waals surface area contributed by atoms with Crippen LogP contribution in [0.5, 0.6) is 0 Å². The van der Waals surface area contributed by atoms with Crippen LogP contribution in [0, 0.1) is 0 Å². The predicted molar refractivity (Wildman–Crippen MR) is 90.8 cm³/mol. The lowest BCUT2D eigenvalue weighted by Crippen LogP contribution is -2.48. The molecule has 0 aliphatic carbocycles. The Morgan fingerprint density at radius 2 is 2.09 bits per heavy atom. The summed E-state index contributed by atoms with van der Waals surface area (Å²) in [5.74, 6) is -0.129. The number of nitrogens with zero attached hydrogens (tertiary/aromatic N) is 1. The molecule has 0 radical (unpaired) electrons. The van der Waals surface area contributed by atoms with Gasteiger partial charge < -0.3 is 15.0 Å². The number of amides is 2. The summed E-state index contributed by atoms with van der Waals surface area (Å²) < 4.78 is 5.25. The Bertz CT molecular complexity index is 583. The van der Waals surface area contributed by atoms with Crippen molar-refractivity contribution in [2.75, 3.05) is 11.4 Å². The molecule has 1 heterocycles. The van der Waals surface area contributed by atoms with Crippen molar-refractivity contribution in [2.24, 2.45) is 0 Å². The highest BCUT2D eigenvalue weighted by molar-refractivity contribution is 6.30. The van der Waals surface area contributed by atoms with Gasteiger partial charge in [-0.05, 0) is 58.2 Å². The molecule has 1 saturated heterocycles. The van der Waals surface area contributed by atoms with Crippen LogP contribution in [-0.4, -0.2) is 30.2 Å². The first kappa shape index (κ1) is 17.6. The second-order valence-electron chi connectivity index (χ2n) is 6.66. The molecule has 2 amide bonds. The third kappa shape index (κ3) is 5.13. The van der Waals surface area contributed by atoms with Crippen LogP contribution < -0.4 is 10.2 Å². The molecule has 0 aromatic heterocycles. The van der Waals surface area contributed by atoms with Crippen molar-refractivity contribution in [3.63, 3.8) is 0 Å². The maximum atomic E-state index is 12.8. The summed E-state index contributed by atoms with van der Waals surface area (Å²) in [6.45, 7) is 5.99. The van der Waals surface area contributed by atoms with E-state index in [9.17, 15) is 9.59 Å². The third-order valence-electron chi connectivity index (χ3n) is 3.50. The summed E-state index contributed by atoms with van der Waals surface area (Å²) in [4.78, 5) is 26.4. The zero-order valence-electron chi connectivity index (χ0n) is 13.8. The molecular formula is C17H23ClN2O3. The number of hydrogen-bond acceptors (Lipinski definition) is 3. The molecule has 0 bridgehead atoms. The molecule has 126 valence electrons. The van der Waals surface area contributed by atoms with Crippen molar-refractivity contribution < 1.29 is 14.3 Å². The first-order valence-electron chi connectivity index (χ1n) is 7.83. The van der Waals surface area contributed by atoms with Crippen LogP contribution in [0.1, 0.15) is 40.0 Å². The molecule has 1 aromatic rings. The van der Waals surface area contributed by atoms with E-state index < -0.39 is 17.7 Å². The summed E-state index contributed by atoms with van der Waals surface area (Å²) >= 11 is 6.02. The van der Waals surface area contributed by atoms with E-state index in [1.54, 1.807) is 37.8 Å². The van der Waals surface area contributed by atoms with Crippen molar-refractivity contribution in [3.8, 4) is 0 Å². The number of anilines is 1. The van der Waals surface area contributed by atoms with Gasteiger partial charge >= 0.3 is 6.09 Å². The van der Waals surface area contributed by atoms with Crippen LogP contribution >= 0.6 is 11.6 Å². The highest BCUT2D eigenvalue weighted by Gasteiger charge is 2.30. The SMILES string of the molecule is CC(C)(C)OC(=O)N[C@H]1CCCCN(c2cccc(Cl)c2)C1=O. The fourth-order valence-corrected chi connectivity index (χ4v) is 2.71. The second-order valence-corrected chi connectivity index (χ2v) is 7.10. The summed E-state index contributed by atoms with van der Waals surface area (Å²) in [6.07, 6.45) is 1.78. The molecule has 0 unspecified atom stereocenters. The maximum Gasteiger partial charge on any atom is 0.408 e. The zero-order valence-corrected chi connectivity index (χ0v) is 14.5. The van der Waals surface area contributed by atoms with E-state index in [4.69, 9.17) is 16.3 Å². The third-order valence-corrected chi connectivity index (χ3v) is 3.73. The number of carbonyl (C=O) groups is 2. The number of halogens is 1. The van der Waals surface area contributed by atoms with Gasteiger partial charge in [0.05, 0.1) is 0 Å². The van der Waals surface area contributed by atoms with Crippen LogP contribution in [0.15, 0.2) is 24.3 Å². The molecule has 1 fully saturated rings. The number of benzene rings is 1. The topological polar surface area (TPSA) is 58.6 Å². The number of hydrogen-bond donors (Lipinski definition) is 1. The van der Waals surface area contributed by atoms with Gasteiger partial charge in [0.2, 0.25) is 5.91 Å². The van der Waals surface area contributed by atoms with Gasteiger partial charge in [-0.25, -0.2) is 4.79 Å². The van der Waals surface area contributed by atoms with Gasteiger partial charge in [0.25, 0.3) is 0 Å². The molecule has 5 nitrogen and oxygen atoms in total. The lowest BCUT2D eigenvalue weighted by atomic mass is 10.1. The van der Waals surface area contributed by atoms with Gasteiger partial charge in [-0.1, -0.05) is 17.7 Å². The van der Waals surface area contributed by atoms with E-state index in [1.165, 1.54) is 0 Å². The zero-order chi connectivity index (χ0) is 17.0. The minimum atomic E-state index is -0.593. The van der Waals surface area contributed by atoms with Crippen molar-refractivity contribution in [1.82, 2.24) is 5.32 Å². The number of alkyl carbamates (subject to hydrolysis) is 1. The van der Waals surface area contributed by atoms with Crippen LogP contribution in [0.4, 0.5) is 10.5 Å². The molecule has 1 aliphatic heterocycles. The number of ether oxygens (including phenoxy) is 1.